The molecule has 6 heteroatoms. The van der Waals surface area contributed by atoms with Crippen LogP contribution in [0, 0.1) is 0 Å². The van der Waals surface area contributed by atoms with Gasteiger partial charge in [-0.05, 0) is 34.7 Å². The van der Waals surface area contributed by atoms with Crippen LogP contribution in [-0.2, 0) is 0 Å². The Balaban J connectivity index is 0. The smallest absolute Gasteiger partial charge is 0.112 e. The molecule has 0 aromatic heterocycles. The molecule has 0 radical (unpaired) electrons. The van der Waals surface area contributed by atoms with E-state index in [0.717, 1.165) is 0 Å². The van der Waals surface area contributed by atoms with E-state index in [0.29, 0.717) is 13.1 Å². The first-order valence-electron chi connectivity index (χ1n) is 5.66. The average molecular weight is 252 g/mol. The molecule has 0 rings (SSSR count). The highest BCUT2D eigenvalue weighted by molar-refractivity contribution is 4.70. The summed E-state index contributed by atoms with van der Waals surface area (Å²) < 4.78 is 0. The fraction of sp³-hybridized carbons (Fsp3) is 1.00. The van der Waals surface area contributed by atoms with Crippen molar-refractivity contribution in [1.29, 1.82) is 0 Å². The van der Waals surface area contributed by atoms with Crippen LogP contribution in [0.5, 0.6) is 0 Å². The molecule has 0 saturated carbocycles. The first-order valence-corrected chi connectivity index (χ1v) is 5.66. The van der Waals surface area contributed by atoms with Crippen LogP contribution in [0.15, 0.2) is 0 Å². The molecule has 6 nitrogen and oxygen atoms in total. The van der Waals surface area contributed by atoms with Gasteiger partial charge in [0.1, 0.15) is 11.4 Å². The lowest BCUT2D eigenvalue weighted by Crippen LogP contribution is -2.51. The van der Waals surface area contributed by atoms with Gasteiger partial charge in [0.25, 0.3) is 0 Å². The molecule has 0 unspecified atom stereocenters. The van der Waals surface area contributed by atoms with Crippen molar-refractivity contribution in [3.05, 3.63) is 0 Å². The summed E-state index contributed by atoms with van der Waals surface area (Å²) in [6, 6.07) is 0. The number of rotatable bonds is 6. The van der Waals surface area contributed by atoms with Crippen molar-refractivity contribution in [1.82, 2.24) is 10.2 Å². The largest absolute Gasteiger partial charge is 0.395 e. The zero-order valence-electron chi connectivity index (χ0n) is 11.6. The van der Waals surface area contributed by atoms with E-state index >= 15 is 0 Å². The van der Waals surface area contributed by atoms with E-state index in [9.17, 15) is 0 Å². The number of hydrogen-bond donors (Lipinski definition) is 5. The molecule has 0 aliphatic rings. The van der Waals surface area contributed by atoms with E-state index in [2.05, 4.69) is 5.32 Å². The molecule has 0 fully saturated rings. The summed E-state index contributed by atoms with van der Waals surface area (Å²) in [5.74, 6) is 0. The number of nitrogens with zero attached hydrogens (tertiary/aromatic N) is 1. The van der Waals surface area contributed by atoms with Gasteiger partial charge in [0.2, 0.25) is 0 Å². The molecule has 0 amide bonds. The first kappa shape index (κ1) is 19.1. The second-order valence-electron chi connectivity index (χ2n) is 4.99. The summed E-state index contributed by atoms with van der Waals surface area (Å²) in [4.78, 5) is 1.86. The molecule has 5 N–H and O–H groups in total. The second kappa shape index (κ2) is 8.79. The minimum Gasteiger partial charge on any atom is -0.395 e. The standard InChI is InChI=1S/C6H15NO2.C5H13NO2/c1-5(2,8)7-6(3,4)9;1-6(2-4-7)3-5-8/h7-9H,1-4H3;7-8H,2-5H2,1H3. The lowest BCUT2D eigenvalue weighted by Gasteiger charge is -2.28. The van der Waals surface area contributed by atoms with Crippen LogP contribution in [0.25, 0.3) is 0 Å². The molecule has 0 spiro atoms. The number of likely N-dealkylation sites (N-methyl/N-ethyl adjacent to an activating group) is 1. The normalized spacial score (nSPS) is 12.4. The molecule has 17 heavy (non-hydrogen) atoms. The van der Waals surface area contributed by atoms with E-state index in [1.54, 1.807) is 27.7 Å². The molecule has 0 bridgehead atoms. The monoisotopic (exact) mass is 252 g/mol. The van der Waals surface area contributed by atoms with Crippen molar-refractivity contribution < 1.29 is 20.4 Å². The Morgan fingerprint density at radius 3 is 1.29 bits per heavy atom. The van der Waals surface area contributed by atoms with Crippen molar-refractivity contribution in [3.8, 4) is 0 Å². The maximum absolute atomic E-state index is 9.08. The number of hydrogen-bond acceptors (Lipinski definition) is 6. The van der Waals surface area contributed by atoms with Gasteiger partial charge in [-0.2, -0.15) is 0 Å². The van der Waals surface area contributed by atoms with E-state index in [4.69, 9.17) is 20.4 Å². The minimum absolute atomic E-state index is 0.163. The zero-order valence-corrected chi connectivity index (χ0v) is 11.6. The second-order valence-corrected chi connectivity index (χ2v) is 4.99. The van der Waals surface area contributed by atoms with Gasteiger partial charge >= 0.3 is 0 Å². The molecule has 0 aromatic carbocycles. The summed E-state index contributed by atoms with van der Waals surface area (Å²) in [5, 5.41) is 37.4. The lowest BCUT2D eigenvalue weighted by molar-refractivity contribution is -0.0634. The topological polar surface area (TPSA) is 96.2 Å². The van der Waals surface area contributed by atoms with Gasteiger partial charge in [0.15, 0.2) is 0 Å². The van der Waals surface area contributed by atoms with Crippen LogP contribution in [-0.4, -0.2) is 70.1 Å². The van der Waals surface area contributed by atoms with Crippen molar-refractivity contribution in [2.24, 2.45) is 0 Å². The Bertz CT molecular complexity index is 157. The predicted molar refractivity (Wildman–Crippen MR) is 67.4 cm³/mol. The van der Waals surface area contributed by atoms with Crippen molar-refractivity contribution in [3.63, 3.8) is 0 Å². The highest BCUT2D eigenvalue weighted by atomic mass is 16.3. The molecule has 106 valence electrons. The number of nitrogens with one attached hydrogen (secondary N) is 1. The van der Waals surface area contributed by atoms with Crippen molar-refractivity contribution >= 4 is 0 Å². The number of aliphatic hydroxyl groups excluding tert-OH is 2. The maximum atomic E-state index is 9.08. The Morgan fingerprint density at radius 2 is 1.18 bits per heavy atom. The van der Waals surface area contributed by atoms with E-state index in [1.807, 2.05) is 11.9 Å². The van der Waals surface area contributed by atoms with Crippen molar-refractivity contribution in [2.45, 2.75) is 39.1 Å². The van der Waals surface area contributed by atoms with Gasteiger partial charge in [-0.1, -0.05) is 0 Å². The third-order valence-corrected chi connectivity index (χ3v) is 1.58. The Hall–Kier alpha value is -0.240. The quantitative estimate of drug-likeness (QED) is 0.387. The van der Waals surface area contributed by atoms with Gasteiger partial charge in [-0.3, -0.25) is 5.32 Å². The summed E-state index contributed by atoms with van der Waals surface area (Å²) >= 11 is 0. The third kappa shape index (κ3) is 21.6. The van der Waals surface area contributed by atoms with E-state index < -0.39 is 11.4 Å². The summed E-state index contributed by atoms with van der Waals surface area (Å²) in [7, 11) is 1.85. The minimum atomic E-state index is -1.02. The van der Waals surface area contributed by atoms with Crippen LogP contribution in [0.4, 0.5) is 0 Å². The lowest BCUT2D eigenvalue weighted by atomic mass is 10.2. The van der Waals surface area contributed by atoms with E-state index in [-0.39, 0.29) is 13.2 Å². The van der Waals surface area contributed by atoms with Gasteiger partial charge in [0.05, 0.1) is 13.2 Å². The molecule has 0 heterocycles. The van der Waals surface area contributed by atoms with Gasteiger partial charge < -0.3 is 25.3 Å². The van der Waals surface area contributed by atoms with Gasteiger partial charge in [-0.15, -0.1) is 0 Å². The van der Waals surface area contributed by atoms with Crippen molar-refractivity contribution in [2.75, 3.05) is 33.4 Å². The summed E-state index contributed by atoms with van der Waals surface area (Å²) in [5.41, 5.74) is -2.03. The maximum Gasteiger partial charge on any atom is 0.112 e. The summed E-state index contributed by atoms with van der Waals surface area (Å²) in [6.07, 6.45) is 0. The highest BCUT2D eigenvalue weighted by Crippen LogP contribution is 2.03. The molecular formula is C11H28N2O4. The van der Waals surface area contributed by atoms with Gasteiger partial charge in [-0.25, -0.2) is 0 Å². The fourth-order valence-corrected chi connectivity index (χ4v) is 1.20. The Labute approximate surface area is 104 Å². The molecule has 0 aromatic rings. The van der Waals surface area contributed by atoms with Crippen LogP contribution >= 0.6 is 0 Å². The Kier molecular flexibility index (Phi) is 9.88. The fourth-order valence-electron chi connectivity index (χ4n) is 1.20. The first-order chi connectivity index (χ1) is 7.52. The number of aliphatic hydroxyl groups is 4. The molecular weight excluding hydrogens is 224 g/mol. The van der Waals surface area contributed by atoms with Crippen LogP contribution in [0.2, 0.25) is 0 Å². The third-order valence-electron chi connectivity index (χ3n) is 1.58. The predicted octanol–water partition coefficient (Wildman–Crippen LogP) is -1.06. The molecule has 0 aliphatic carbocycles. The SMILES string of the molecule is CC(C)(O)NC(C)(C)O.CN(CCO)CCO. The highest BCUT2D eigenvalue weighted by Gasteiger charge is 2.21. The zero-order chi connectivity index (χ0) is 14.1. The molecule has 0 saturated heterocycles. The van der Waals surface area contributed by atoms with Crippen LogP contribution < -0.4 is 5.32 Å². The summed E-state index contributed by atoms with van der Waals surface area (Å²) in [6.45, 7) is 7.90. The van der Waals surface area contributed by atoms with Crippen LogP contribution in [0.1, 0.15) is 27.7 Å². The average Bonchev–Trinajstić information content (AvgIpc) is 1.98. The molecule has 0 aliphatic heterocycles. The Morgan fingerprint density at radius 1 is 0.882 bits per heavy atom. The van der Waals surface area contributed by atoms with Crippen LogP contribution in [0.3, 0.4) is 0 Å². The van der Waals surface area contributed by atoms with E-state index in [1.165, 1.54) is 0 Å². The van der Waals surface area contributed by atoms with Gasteiger partial charge in [0, 0.05) is 13.1 Å². The molecule has 0 atom stereocenters.